The molecule has 1 aliphatic rings. The van der Waals surface area contributed by atoms with E-state index in [0.717, 1.165) is 25.2 Å². The van der Waals surface area contributed by atoms with Crippen LogP contribution < -0.4 is 4.90 Å². The quantitative estimate of drug-likeness (QED) is 0.778. The molecule has 27 heavy (non-hydrogen) atoms. The maximum absolute atomic E-state index is 12.9. The van der Waals surface area contributed by atoms with Crippen LogP contribution in [0.2, 0.25) is 0 Å². The van der Waals surface area contributed by atoms with Crippen molar-refractivity contribution in [2.45, 2.75) is 39.3 Å². The normalized spacial score (nSPS) is 14.6. The Kier molecular flexibility index (Phi) is 6.64. The van der Waals surface area contributed by atoms with Crippen LogP contribution in [0.5, 0.6) is 0 Å². The fourth-order valence-corrected chi connectivity index (χ4v) is 3.90. The summed E-state index contributed by atoms with van der Waals surface area (Å²) in [5.41, 5.74) is 3.51. The van der Waals surface area contributed by atoms with E-state index >= 15 is 0 Å². The van der Waals surface area contributed by atoms with E-state index < -0.39 is 0 Å². The molecule has 1 heterocycles. The van der Waals surface area contributed by atoms with Gasteiger partial charge in [0.25, 0.3) is 0 Å². The highest BCUT2D eigenvalue weighted by atomic mass is 16.3. The molecule has 2 aromatic rings. The molecule has 4 nitrogen and oxygen atoms in total. The maximum atomic E-state index is 12.9. The minimum atomic E-state index is 0.0453. The Hall–Kier alpha value is -2.17. The molecule has 0 radical (unpaired) electrons. The van der Waals surface area contributed by atoms with Crippen molar-refractivity contribution in [3.05, 3.63) is 65.7 Å². The molecule has 3 rings (SSSR count). The largest absolute Gasteiger partial charge is 0.395 e. The first kappa shape index (κ1) is 19.6. The number of hydrogen-bond acceptors (Lipinski definition) is 3. The SMILES string of the molecule is CC(C)C(CO)N(CCC(=O)N1CCc2ccccc21)Cc1ccccc1. The zero-order valence-electron chi connectivity index (χ0n) is 16.3. The van der Waals surface area contributed by atoms with Gasteiger partial charge in [-0.25, -0.2) is 0 Å². The second-order valence-corrected chi connectivity index (χ2v) is 7.62. The number of rotatable bonds is 8. The third kappa shape index (κ3) is 4.76. The molecule has 144 valence electrons. The molecule has 1 atom stereocenters. The van der Waals surface area contributed by atoms with Crippen molar-refractivity contribution in [1.82, 2.24) is 4.90 Å². The Morgan fingerprint density at radius 3 is 2.52 bits per heavy atom. The van der Waals surface area contributed by atoms with Gasteiger partial charge in [-0.05, 0) is 29.5 Å². The molecular weight excluding hydrogens is 336 g/mol. The molecule has 0 fully saturated rings. The lowest BCUT2D eigenvalue weighted by Gasteiger charge is -2.33. The standard InChI is InChI=1S/C23H30N2O2/c1-18(2)22(17-26)24(16-19-8-4-3-5-9-19)14-13-23(27)25-15-12-20-10-6-7-11-21(20)25/h3-11,18,22,26H,12-17H2,1-2H3. The second-order valence-electron chi connectivity index (χ2n) is 7.62. The van der Waals surface area contributed by atoms with E-state index in [1.807, 2.05) is 41.3 Å². The van der Waals surface area contributed by atoms with Crippen molar-refractivity contribution >= 4 is 11.6 Å². The van der Waals surface area contributed by atoms with Crippen LogP contribution in [0.4, 0.5) is 5.69 Å². The predicted octanol–water partition coefficient (Wildman–Crippen LogP) is 3.48. The van der Waals surface area contributed by atoms with Crippen LogP contribution >= 0.6 is 0 Å². The predicted molar refractivity (Wildman–Crippen MR) is 110 cm³/mol. The summed E-state index contributed by atoms with van der Waals surface area (Å²) in [4.78, 5) is 17.0. The summed E-state index contributed by atoms with van der Waals surface area (Å²) in [6, 6.07) is 18.5. The Morgan fingerprint density at radius 2 is 1.81 bits per heavy atom. The number of fused-ring (bicyclic) bond motifs is 1. The molecule has 0 aliphatic carbocycles. The van der Waals surface area contributed by atoms with Gasteiger partial charge in [-0.1, -0.05) is 62.4 Å². The topological polar surface area (TPSA) is 43.8 Å². The van der Waals surface area contributed by atoms with Gasteiger partial charge >= 0.3 is 0 Å². The fraction of sp³-hybridized carbons (Fsp3) is 0.435. The number of nitrogens with zero attached hydrogens (tertiary/aromatic N) is 2. The summed E-state index contributed by atoms with van der Waals surface area (Å²) in [5, 5.41) is 9.91. The molecule has 0 saturated heterocycles. The summed E-state index contributed by atoms with van der Waals surface area (Å²) in [6.07, 6.45) is 1.39. The average molecular weight is 367 g/mol. The van der Waals surface area contributed by atoms with Gasteiger partial charge in [0.2, 0.25) is 5.91 Å². The lowest BCUT2D eigenvalue weighted by Crippen LogP contribution is -2.43. The van der Waals surface area contributed by atoms with Crippen molar-refractivity contribution in [2.24, 2.45) is 5.92 Å². The van der Waals surface area contributed by atoms with Gasteiger partial charge in [-0.2, -0.15) is 0 Å². The number of amides is 1. The van der Waals surface area contributed by atoms with E-state index in [2.05, 4.69) is 36.9 Å². The molecule has 1 amide bonds. The molecule has 0 spiro atoms. The van der Waals surface area contributed by atoms with Crippen molar-refractivity contribution < 1.29 is 9.90 Å². The zero-order valence-corrected chi connectivity index (χ0v) is 16.3. The van der Waals surface area contributed by atoms with Crippen LogP contribution in [0.1, 0.15) is 31.4 Å². The Balaban J connectivity index is 1.68. The van der Waals surface area contributed by atoms with Crippen molar-refractivity contribution in [3.63, 3.8) is 0 Å². The summed E-state index contributed by atoms with van der Waals surface area (Å²) >= 11 is 0. The van der Waals surface area contributed by atoms with E-state index in [1.165, 1.54) is 11.1 Å². The van der Waals surface area contributed by atoms with Crippen LogP contribution in [0.25, 0.3) is 0 Å². The molecule has 0 bridgehead atoms. The van der Waals surface area contributed by atoms with Crippen LogP contribution in [0, 0.1) is 5.92 Å². The van der Waals surface area contributed by atoms with Gasteiger partial charge in [0.15, 0.2) is 0 Å². The zero-order chi connectivity index (χ0) is 19.2. The lowest BCUT2D eigenvalue weighted by molar-refractivity contribution is -0.119. The Morgan fingerprint density at radius 1 is 1.11 bits per heavy atom. The van der Waals surface area contributed by atoms with Gasteiger partial charge in [-0.15, -0.1) is 0 Å². The summed E-state index contributed by atoms with van der Waals surface area (Å²) in [7, 11) is 0. The minimum absolute atomic E-state index is 0.0453. The van der Waals surface area contributed by atoms with Gasteiger partial charge in [0, 0.05) is 37.8 Å². The monoisotopic (exact) mass is 366 g/mol. The van der Waals surface area contributed by atoms with E-state index in [4.69, 9.17) is 0 Å². The molecule has 4 heteroatoms. The second kappa shape index (κ2) is 9.16. The Labute approximate surface area is 162 Å². The van der Waals surface area contributed by atoms with Crippen LogP contribution in [-0.2, 0) is 17.8 Å². The van der Waals surface area contributed by atoms with E-state index in [-0.39, 0.29) is 18.6 Å². The van der Waals surface area contributed by atoms with E-state index in [1.54, 1.807) is 0 Å². The number of anilines is 1. The highest BCUT2D eigenvalue weighted by Gasteiger charge is 2.26. The molecule has 1 unspecified atom stereocenters. The lowest BCUT2D eigenvalue weighted by atomic mass is 10.0. The average Bonchev–Trinajstić information content (AvgIpc) is 3.11. The van der Waals surface area contributed by atoms with Crippen LogP contribution in [-0.4, -0.2) is 41.7 Å². The molecule has 1 N–H and O–H groups in total. The number of carbonyl (C=O) groups excluding carboxylic acids is 1. The first-order valence-electron chi connectivity index (χ1n) is 9.87. The highest BCUT2D eigenvalue weighted by molar-refractivity contribution is 5.95. The molecule has 0 aromatic heterocycles. The first-order chi connectivity index (χ1) is 13.1. The van der Waals surface area contributed by atoms with Crippen LogP contribution in [0.3, 0.4) is 0 Å². The molecular formula is C23H30N2O2. The highest BCUT2D eigenvalue weighted by Crippen LogP contribution is 2.28. The number of para-hydroxylation sites is 1. The Bertz CT molecular complexity index is 745. The summed E-state index contributed by atoms with van der Waals surface area (Å²) < 4.78 is 0. The number of aliphatic hydroxyl groups is 1. The van der Waals surface area contributed by atoms with Gasteiger partial charge in [0.05, 0.1) is 6.61 Å². The van der Waals surface area contributed by atoms with Crippen molar-refractivity contribution in [3.8, 4) is 0 Å². The number of hydrogen-bond donors (Lipinski definition) is 1. The van der Waals surface area contributed by atoms with E-state index in [0.29, 0.717) is 18.9 Å². The molecule has 2 aromatic carbocycles. The van der Waals surface area contributed by atoms with Crippen LogP contribution in [0.15, 0.2) is 54.6 Å². The number of carbonyl (C=O) groups is 1. The number of aliphatic hydroxyl groups excluding tert-OH is 1. The smallest absolute Gasteiger partial charge is 0.228 e. The van der Waals surface area contributed by atoms with Gasteiger partial charge in [-0.3, -0.25) is 9.69 Å². The van der Waals surface area contributed by atoms with Crippen molar-refractivity contribution in [2.75, 3.05) is 24.6 Å². The summed E-state index contributed by atoms with van der Waals surface area (Å²) in [6.45, 7) is 6.51. The molecule has 1 aliphatic heterocycles. The summed E-state index contributed by atoms with van der Waals surface area (Å²) in [5.74, 6) is 0.486. The maximum Gasteiger partial charge on any atom is 0.228 e. The first-order valence-corrected chi connectivity index (χ1v) is 9.87. The number of benzene rings is 2. The third-order valence-electron chi connectivity index (χ3n) is 5.46. The third-order valence-corrected chi connectivity index (χ3v) is 5.46. The van der Waals surface area contributed by atoms with Gasteiger partial charge < -0.3 is 10.0 Å². The van der Waals surface area contributed by atoms with Gasteiger partial charge in [0.1, 0.15) is 0 Å². The van der Waals surface area contributed by atoms with E-state index in [9.17, 15) is 9.90 Å². The minimum Gasteiger partial charge on any atom is -0.395 e. The van der Waals surface area contributed by atoms with Crippen molar-refractivity contribution in [1.29, 1.82) is 0 Å². The fourth-order valence-electron chi connectivity index (χ4n) is 3.90. The molecule has 0 saturated carbocycles.